The molecule has 116 valence electrons. The van der Waals surface area contributed by atoms with Gasteiger partial charge in [0.15, 0.2) is 0 Å². The Morgan fingerprint density at radius 2 is 2.00 bits per heavy atom. The summed E-state index contributed by atoms with van der Waals surface area (Å²) < 4.78 is 5.47. The number of methoxy groups -OCH3 is 1. The third-order valence-electron chi connectivity index (χ3n) is 5.76. The van der Waals surface area contributed by atoms with Gasteiger partial charge in [-0.2, -0.15) is 0 Å². The highest BCUT2D eigenvalue weighted by molar-refractivity contribution is 5.43. The Kier molecular flexibility index (Phi) is 4.26. The quantitative estimate of drug-likeness (QED) is 0.866. The van der Waals surface area contributed by atoms with Gasteiger partial charge in [0.05, 0.1) is 7.11 Å². The molecule has 4 atom stereocenters. The third-order valence-corrected chi connectivity index (χ3v) is 5.76. The molecule has 2 aliphatic rings. The lowest BCUT2D eigenvalue weighted by Crippen LogP contribution is -2.32. The predicted octanol–water partition coefficient (Wildman–Crippen LogP) is 4.40. The average molecular weight is 287 g/mol. The van der Waals surface area contributed by atoms with Crippen LogP contribution in [0.5, 0.6) is 5.75 Å². The van der Waals surface area contributed by atoms with Crippen molar-refractivity contribution < 1.29 is 4.74 Å². The molecule has 2 fully saturated rings. The topological polar surface area (TPSA) is 21.3 Å². The Morgan fingerprint density at radius 3 is 2.57 bits per heavy atom. The van der Waals surface area contributed by atoms with Gasteiger partial charge < -0.3 is 10.1 Å². The predicted molar refractivity (Wildman–Crippen MR) is 87.8 cm³/mol. The van der Waals surface area contributed by atoms with Crippen LogP contribution in [0.15, 0.2) is 12.1 Å². The van der Waals surface area contributed by atoms with Gasteiger partial charge in [0.1, 0.15) is 5.75 Å². The first-order chi connectivity index (χ1) is 10.1. The minimum absolute atomic E-state index is 0.523. The van der Waals surface area contributed by atoms with Crippen LogP contribution in [0, 0.1) is 31.6 Å². The van der Waals surface area contributed by atoms with Gasteiger partial charge in [0.25, 0.3) is 0 Å². The van der Waals surface area contributed by atoms with E-state index in [1.807, 2.05) is 0 Å². The normalized spacial score (nSPS) is 28.9. The Morgan fingerprint density at radius 1 is 1.19 bits per heavy atom. The van der Waals surface area contributed by atoms with Crippen LogP contribution in [-0.4, -0.2) is 13.7 Å². The second-order valence-corrected chi connectivity index (χ2v) is 7.05. The number of hydrogen-bond donors (Lipinski definition) is 1. The van der Waals surface area contributed by atoms with Gasteiger partial charge in [-0.1, -0.05) is 19.4 Å². The standard InChI is InChI=1S/C19H29NO/c1-5-20-19(17-11-14-6-7-15(17)10-14)16-8-13(3)18(21-4)9-12(16)2/h8-9,14-15,17,19-20H,5-7,10-11H2,1-4H3. The summed E-state index contributed by atoms with van der Waals surface area (Å²) in [5.41, 5.74) is 4.11. The lowest BCUT2D eigenvalue weighted by atomic mass is 9.79. The largest absolute Gasteiger partial charge is 0.496 e. The maximum atomic E-state index is 5.47. The van der Waals surface area contributed by atoms with Crippen molar-refractivity contribution in [3.8, 4) is 5.75 Å². The summed E-state index contributed by atoms with van der Waals surface area (Å²) in [7, 11) is 1.76. The molecule has 2 nitrogen and oxygen atoms in total. The molecule has 4 unspecified atom stereocenters. The molecule has 0 heterocycles. The van der Waals surface area contributed by atoms with E-state index in [1.54, 1.807) is 7.11 Å². The van der Waals surface area contributed by atoms with Crippen LogP contribution >= 0.6 is 0 Å². The van der Waals surface area contributed by atoms with Gasteiger partial charge >= 0.3 is 0 Å². The van der Waals surface area contributed by atoms with E-state index in [0.717, 1.165) is 30.0 Å². The van der Waals surface area contributed by atoms with Gasteiger partial charge in [-0.3, -0.25) is 0 Å². The molecule has 2 aliphatic carbocycles. The van der Waals surface area contributed by atoms with E-state index in [4.69, 9.17) is 4.74 Å². The van der Waals surface area contributed by atoms with Crippen LogP contribution < -0.4 is 10.1 Å². The first-order valence-corrected chi connectivity index (χ1v) is 8.52. The van der Waals surface area contributed by atoms with E-state index in [-0.39, 0.29) is 0 Å². The second kappa shape index (κ2) is 6.00. The number of nitrogens with one attached hydrogen (secondary N) is 1. The van der Waals surface area contributed by atoms with Crippen molar-refractivity contribution in [2.75, 3.05) is 13.7 Å². The van der Waals surface area contributed by atoms with Gasteiger partial charge in [0, 0.05) is 6.04 Å². The highest BCUT2D eigenvalue weighted by Crippen LogP contribution is 2.53. The summed E-state index contributed by atoms with van der Waals surface area (Å²) in [6, 6.07) is 5.09. The van der Waals surface area contributed by atoms with E-state index in [0.29, 0.717) is 6.04 Å². The van der Waals surface area contributed by atoms with E-state index in [1.165, 1.54) is 42.4 Å². The van der Waals surface area contributed by atoms with Gasteiger partial charge in [-0.05, 0) is 80.2 Å². The zero-order valence-corrected chi connectivity index (χ0v) is 13.9. The van der Waals surface area contributed by atoms with Crippen molar-refractivity contribution in [1.29, 1.82) is 0 Å². The Balaban J connectivity index is 1.92. The molecule has 0 saturated heterocycles. The molecule has 0 spiro atoms. The molecule has 0 radical (unpaired) electrons. The van der Waals surface area contributed by atoms with Crippen molar-refractivity contribution in [3.05, 3.63) is 28.8 Å². The molecule has 1 N–H and O–H groups in total. The molecule has 1 aromatic carbocycles. The molecule has 0 amide bonds. The zero-order chi connectivity index (χ0) is 15.0. The molecule has 1 aromatic rings. The number of aryl methyl sites for hydroxylation is 2. The summed E-state index contributed by atoms with van der Waals surface area (Å²) in [5.74, 6) is 3.79. The minimum Gasteiger partial charge on any atom is -0.496 e. The van der Waals surface area contributed by atoms with Gasteiger partial charge in [-0.15, -0.1) is 0 Å². The fourth-order valence-corrected chi connectivity index (χ4v) is 4.78. The lowest BCUT2D eigenvalue weighted by molar-refractivity contribution is 0.252. The smallest absolute Gasteiger partial charge is 0.122 e. The highest BCUT2D eigenvalue weighted by atomic mass is 16.5. The summed E-state index contributed by atoms with van der Waals surface area (Å²) >= 11 is 0. The molecule has 2 bridgehead atoms. The molecular formula is C19H29NO. The Bertz CT molecular complexity index is 511. The molecule has 2 saturated carbocycles. The maximum Gasteiger partial charge on any atom is 0.122 e. The second-order valence-electron chi connectivity index (χ2n) is 7.05. The van der Waals surface area contributed by atoms with Crippen LogP contribution in [0.2, 0.25) is 0 Å². The van der Waals surface area contributed by atoms with Gasteiger partial charge in [0.2, 0.25) is 0 Å². The lowest BCUT2D eigenvalue weighted by Gasteiger charge is -2.33. The van der Waals surface area contributed by atoms with Crippen LogP contribution in [0.3, 0.4) is 0 Å². The highest BCUT2D eigenvalue weighted by Gasteiger charge is 2.43. The van der Waals surface area contributed by atoms with Crippen LogP contribution in [-0.2, 0) is 0 Å². The van der Waals surface area contributed by atoms with Crippen molar-refractivity contribution in [2.24, 2.45) is 17.8 Å². The van der Waals surface area contributed by atoms with E-state index in [9.17, 15) is 0 Å². The Hall–Kier alpha value is -1.02. The minimum atomic E-state index is 0.523. The fourth-order valence-electron chi connectivity index (χ4n) is 4.78. The van der Waals surface area contributed by atoms with Crippen molar-refractivity contribution in [2.45, 2.75) is 52.5 Å². The maximum absolute atomic E-state index is 5.47. The molecule has 2 heteroatoms. The van der Waals surface area contributed by atoms with E-state index >= 15 is 0 Å². The summed E-state index contributed by atoms with van der Waals surface area (Å²) in [6.45, 7) is 7.66. The van der Waals surface area contributed by atoms with E-state index < -0.39 is 0 Å². The number of ether oxygens (including phenoxy) is 1. The number of fused-ring (bicyclic) bond motifs is 2. The zero-order valence-electron chi connectivity index (χ0n) is 13.9. The van der Waals surface area contributed by atoms with Gasteiger partial charge in [-0.25, -0.2) is 0 Å². The first kappa shape index (κ1) is 14.9. The van der Waals surface area contributed by atoms with Crippen molar-refractivity contribution in [3.63, 3.8) is 0 Å². The van der Waals surface area contributed by atoms with Crippen LogP contribution in [0.4, 0.5) is 0 Å². The number of hydrogen-bond acceptors (Lipinski definition) is 2. The summed E-state index contributed by atoms with van der Waals surface area (Å²) in [4.78, 5) is 0. The Labute approximate surface area is 129 Å². The monoisotopic (exact) mass is 287 g/mol. The molecule has 21 heavy (non-hydrogen) atoms. The first-order valence-electron chi connectivity index (χ1n) is 8.52. The molecule has 0 aromatic heterocycles. The van der Waals surface area contributed by atoms with Crippen LogP contribution in [0.25, 0.3) is 0 Å². The van der Waals surface area contributed by atoms with Crippen molar-refractivity contribution >= 4 is 0 Å². The van der Waals surface area contributed by atoms with Crippen LogP contribution in [0.1, 0.15) is 55.3 Å². The molecule has 0 aliphatic heterocycles. The third kappa shape index (κ3) is 2.70. The number of benzene rings is 1. The number of rotatable bonds is 5. The average Bonchev–Trinajstić information content (AvgIpc) is 3.09. The molecular weight excluding hydrogens is 258 g/mol. The SMILES string of the molecule is CCNC(c1cc(C)c(OC)cc1C)C1CC2CCC1C2. The summed E-state index contributed by atoms with van der Waals surface area (Å²) in [5, 5.41) is 3.79. The van der Waals surface area contributed by atoms with E-state index in [2.05, 4.69) is 38.2 Å². The fraction of sp³-hybridized carbons (Fsp3) is 0.684. The summed E-state index contributed by atoms with van der Waals surface area (Å²) in [6.07, 6.45) is 5.82. The van der Waals surface area contributed by atoms with Crippen molar-refractivity contribution in [1.82, 2.24) is 5.32 Å². The molecule has 3 rings (SSSR count).